The Hall–Kier alpha value is -1.75. The number of aliphatic carboxylic acids is 1. The van der Waals surface area contributed by atoms with Gasteiger partial charge in [0.2, 0.25) is 0 Å². The maximum atomic E-state index is 12.6. The fraction of sp³-hybridized carbons (Fsp3) is 0.529. The zero-order valence-electron chi connectivity index (χ0n) is 13.8. The Morgan fingerprint density at radius 3 is 2.09 bits per heavy atom. The SMILES string of the molecule is CC(C)(C)OC(=O)N(C1CC1)C(C)(C(=O)O)c1ccc(Cl)cc1. The number of rotatable bonds is 4. The lowest BCUT2D eigenvalue weighted by molar-refractivity contribution is -0.151. The van der Waals surface area contributed by atoms with Crippen molar-refractivity contribution in [3.05, 3.63) is 34.9 Å². The highest BCUT2D eigenvalue weighted by molar-refractivity contribution is 6.30. The third kappa shape index (κ3) is 3.78. The molecule has 2 rings (SSSR count). The van der Waals surface area contributed by atoms with Crippen LogP contribution in [-0.4, -0.2) is 33.7 Å². The van der Waals surface area contributed by atoms with E-state index in [1.807, 2.05) is 0 Å². The molecule has 126 valence electrons. The number of hydrogen-bond acceptors (Lipinski definition) is 3. The number of halogens is 1. The van der Waals surface area contributed by atoms with Crippen LogP contribution in [0.4, 0.5) is 4.79 Å². The van der Waals surface area contributed by atoms with Crippen molar-refractivity contribution in [3.8, 4) is 0 Å². The summed E-state index contributed by atoms with van der Waals surface area (Å²) in [6, 6.07) is 6.39. The van der Waals surface area contributed by atoms with Crippen molar-refractivity contribution in [2.45, 2.75) is 57.7 Å². The molecule has 0 radical (unpaired) electrons. The van der Waals surface area contributed by atoms with Crippen LogP contribution in [0.1, 0.15) is 46.1 Å². The van der Waals surface area contributed by atoms with E-state index in [1.54, 1.807) is 45.0 Å². The third-order valence-corrected chi connectivity index (χ3v) is 4.06. The highest BCUT2D eigenvalue weighted by atomic mass is 35.5. The lowest BCUT2D eigenvalue weighted by Crippen LogP contribution is -2.55. The maximum Gasteiger partial charge on any atom is 0.411 e. The van der Waals surface area contributed by atoms with Crippen LogP contribution in [0.5, 0.6) is 0 Å². The average Bonchev–Trinajstić information content (AvgIpc) is 3.21. The van der Waals surface area contributed by atoms with Crippen molar-refractivity contribution in [1.82, 2.24) is 4.90 Å². The first-order valence-corrected chi connectivity index (χ1v) is 7.95. The molecule has 6 heteroatoms. The van der Waals surface area contributed by atoms with Gasteiger partial charge in [-0.1, -0.05) is 23.7 Å². The predicted octanol–water partition coefficient (Wildman–Crippen LogP) is 4.04. The van der Waals surface area contributed by atoms with Crippen LogP contribution in [0.3, 0.4) is 0 Å². The van der Waals surface area contributed by atoms with E-state index in [1.165, 1.54) is 11.8 Å². The molecule has 1 atom stereocenters. The Balaban J connectivity index is 2.45. The van der Waals surface area contributed by atoms with E-state index in [0.717, 1.165) is 12.8 Å². The summed E-state index contributed by atoms with van der Waals surface area (Å²) in [7, 11) is 0. The van der Waals surface area contributed by atoms with Gasteiger partial charge in [-0.25, -0.2) is 9.59 Å². The standard InChI is InChI=1S/C17H22ClNO4/c1-16(2,3)23-15(22)19(13-9-10-13)17(4,14(20)21)11-5-7-12(18)8-6-11/h5-8,13H,9-10H2,1-4H3,(H,20,21). The number of benzene rings is 1. The molecule has 1 N–H and O–H groups in total. The molecule has 0 bridgehead atoms. The Morgan fingerprint density at radius 2 is 1.70 bits per heavy atom. The molecule has 1 aliphatic rings. The number of ether oxygens (including phenoxy) is 1. The van der Waals surface area contributed by atoms with E-state index in [-0.39, 0.29) is 6.04 Å². The Kier molecular flexibility index (Phi) is 4.62. The fourth-order valence-corrected chi connectivity index (χ4v) is 2.61. The minimum Gasteiger partial charge on any atom is -0.479 e. The minimum atomic E-state index is -1.51. The van der Waals surface area contributed by atoms with Crippen LogP contribution in [0.2, 0.25) is 5.02 Å². The summed E-state index contributed by atoms with van der Waals surface area (Å²) in [5.41, 5.74) is -1.70. The van der Waals surface area contributed by atoms with E-state index < -0.39 is 23.2 Å². The Bertz CT molecular complexity index is 604. The number of carboxylic acids is 1. The average molecular weight is 340 g/mol. The van der Waals surface area contributed by atoms with Gasteiger partial charge in [-0.15, -0.1) is 0 Å². The van der Waals surface area contributed by atoms with Crippen LogP contribution >= 0.6 is 11.6 Å². The second-order valence-electron chi connectivity index (χ2n) is 6.97. The van der Waals surface area contributed by atoms with Gasteiger partial charge in [-0.3, -0.25) is 4.90 Å². The second kappa shape index (κ2) is 6.04. The first kappa shape index (κ1) is 17.6. The van der Waals surface area contributed by atoms with Gasteiger partial charge in [0.15, 0.2) is 5.54 Å². The van der Waals surface area contributed by atoms with Gasteiger partial charge in [0.05, 0.1) is 0 Å². The molecule has 5 nitrogen and oxygen atoms in total. The summed E-state index contributed by atoms with van der Waals surface area (Å²) in [5, 5.41) is 10.4. The van der Waals surface area contributed by atoms with Crippen molar-refractivity contribution < 1.29 is 19.4 Å². The zero-order valence-corrected chi connectivity index (χ0v) is 14.6. The molecular weight excluding hydrogens is 318 g/mol. The number of carbonyl (C=O) groups is 2. The van der Waals surface area contributed by atoms with Gasteiger partial charge >= 0.3 is 12.1 Å². The molecule has 0 aliphatic heterocycles. The summed E-state index contributed by atoms with van der Waals surface area (Å²) in [6.45, 7) is 6.81. The summed E-state index contributed by atoms with van der Waals surface area (Å²) in [4.78, 5) is 26.1. The van der Waals surface area contributed by atoms with Gasteiger partial charge < -0.3 is 9.84 Å². The lowest BCUT2D eigenvalue weighted by atomic mass is 9.90. The molecular formula is C17H22ClNO4. The summed E-state index contributed by atoms with van der Waals surface area (Å²) in [5.74, 6) is -1.10. The third-order valence-electron chi connectivity index (χ3n) is 3.81. The molecule has 1 aromatic rings. The predicted molar refractivity (Wildman–Crippen MR) is 87.5 cm³/mol. The number of nitrogens with zero attached hydrogens (tertiary/aromatic N) is 1. The monoisotopic (exact) mass is 339 g/mol. The second-order valence-corrected chi connectivity index (χ2v) is 7.40. The van der Waals surface area contributed by atoms with Crippen LogP contribution in [0.15, 0.2) is 24.3 Å². The molecule has 1 fully saturated rings. The lowest BCUT2D eigenvalue weighted by Gasteiger charge is -2.39. The van der Waals surface area contributed by atoms with Crippen molar-refractivity contribution >= 4 is 23.7 Å². The van der Waals surface area contributed by atoms with Gasteiger partial charge in [0, 0.05) is 11.1 Å². The van der Waals surface area contributed by atoms with Crippen molar-refractivity contribution in [1.29, 1.82) is 0 Å². The number of amides is 1. The van der Waals surface area contributed by atoms with Crippen molar-refractivity contribution in [3.63, 3.8) is 0 Å². The Morgan fingerprint density at radius 1 is 1.17 bits per heavy atom. The van der Waals surface area contributed by atoms with Crippen LogP contribution in [-0.2, 0) is 15.1 Å². The van der Waals surface area contributed by atoms with E-state index in [9.17, 15) is 14.7 Å². The normalized spacial score (nSPS) is 17.3. The topological polar surface area (TPSA) is 66.8 Å². The van der Waals surface area contributed by atoms with Gasteiger partial charge in [-0.2, -0.15) is 0 Å². The number of carbonyl (C=O) groups excluding carboxylic acids is 1. The van der Waals surface area contributed by atoms with Crippen molar-refractivity contribution in [2.75, 3.05) is 0 Å². The smallest absolute Gasteiger partial charge is 0.411 e. The molecule has 1 unspecified atom stereocenters. The molecule has 0 saturated heterocycles. The highest BCUT2D eigenvalue weighted by Gasteiger charge is 2.51. The highest BCUT2D eigenvalue weighted by Crippen LogP contribution is 2.40. The van der Waals surface area contributed by atoms with Gasteiger partial charge in [-0.05, 0) is 58.2 Å². The summed E-state index contributed by atoms with van der Waals surface area (Å²) in [6.07, 6.45) is 0.936. The van der Waals surface area contributed by atoms with Crippen LogP contribution < -0.4 is 0 Å². The first-order chi connectivity index (χ1) is 10.6. The molecule has 1 aromatic carbocycles. The molecule has 1 saturated carbocycles. The minimum absolute atomic E-state index is 0.123. The molecule has 0 spiro atoms. The molecule has 1 amide bonds. The van der Waals surface area contributed by atoms with Crippen LogP contribution in [0.25, 0.3) is 0 Å². The largest absolute Gasteiger partial charge is 0.479 e. The van der Waals surface area contributed by atoms with Crippen LogP contribution in [0, 0.1) is 0 Å². The van der Waals surface area contributed by atoms with E-state index in [2.05, 4.69) is 0 Å². The molecule has 0 aromatic heterocycles. The molecule has 0 heterocycles. The van der Waals surface area contributed by atoms with Gasteiger partial charge in [0.25, 0.3) is 0 Å². The maximum absolute atomic E-state index is 12.6. The van der Waals surface area contributed by atoms with E-state index in [4.69, 9.17) is 16.3 Å². The van der Waals surface area contributed by atoms with E-state index in [0.29, 0.717) is 10.6 Å². The fourth-order valence-electron chi connectivity index (χ4n) is 2.48. The Labute approximate surface area is 141 Å². The molecule has 23 heavy (non-hydrogen) atoms. The van der Waals surface area contributed by atoms with E-state index >= 15 is 0 Å². The summed E-state index contributed by atoms with van der Waals surface area (Å²) < 4.78 is 5.44. The summed E-state index contributed by atoms with van der Waals surface area (Å²) >= 11 is 5.89. The molecule has 1 aliphatic carbocycles. The number of hydrogen-bond donors (Lipinski definition) is 1. The quantitative estimate of drug-likeness (QED) is 0.899. The first-order valence-electron chi connectivity index (χ1n) is 7.57. The zero-order chi connectivity index (χ0) is 17.4. The van der Waals surface area contributed by atoms with Gasteiger partial charge in [0.1, 0.15) is 5.60 Å². The number of carboxylic acid groups (broad SMARTS) is 1. The van der Waals surface area contributed by atoms with Crippen molar-refractivity contribution in [2.24, 2.45) is 0 Å².